The highest BCUT2D eigenvalue weighted by atomic mass is 16.5. The molecule has 0 spiro atoms. The second-order valence-corrected chi connectivity index (χ2v) is 7.00. The molecule has 1 aliphatic heterocycles. The van der Waals surface area contributed by atoms with E-state index in [4.69, 9.17) is 14.2 Å². The number of amides is 2. The standard InChI is InChI=1S/C22H23N5O5/c1-3-31-19-10-14(17-11-20(28)26-22-23-13-24-27(17)22)4-9-18(19)32-12-21(29)25-15-5-7-16(30-2)8-6-15/h4-10,13,17H,3,11-12H2,1-2H3,(H,25,29)(H,23,24,26,28)/t17-/m0/s1. The zero-order chi connectivity index (χ0) is 22.5. The molecule has 4 rings (SSSR count). The predicted molar refractivity (Wildman–Crippen MR) is 116 cm³/mol. The first kappa shape index (κ1) is 21.2. The smallest absolute Gasteiger partial charge is 0.262 e. The van der Waals surface area contributed by atoms with Gasteiger partial charge < -0.3 is 19.5 Å². The lowest BCUT2D eigenvalue weighted by Crippen LogP contribution is -2.29. The van der Waals surface area contributed by atoms with Gasteiger partial charge in [0.25, 0.3) is 5.91 Å². The molecule has 166 valence electrons. The molecule has 1 atom stereocenters. The number of anilines is 2. The number of carbonyl (C=O) groups is 2. The van der Waals surface area contributed by atoms with Crippen molar-refractivity contribution in [2.24, 2.45) is 0 Å². The van der Waals surface area contributed by atoms with Gasteiger partial charge in [0.2, 0.25) is 11.9 Å². The van der Waals surface area contributed by atoms with Gasteiger partial charge in [-0.3, -0.25) is 14.9 Å². The SMILES string of the molecule is CCOc1cc([C@@H]2CC(=O)Nc3ncnn32)ccc1OCC(=O)Nc1ccc(OC)cc1. The molecule has 0 saturated carbocycles. The average molecular weight is 437 g/mol. The molecule has 0 aliphatic carbocycles. The van der Waals surface area contributed by atoms with Gasteiger partial charge in [-0.1, -0.05) is 6.07 Å². The Morgan fingerprint density at radius 1 is 1.19 bits per heavy atom. The molecule has 10 heteroatoms. The van der Waals surface area contributed by atoms with Gasteiger partial charge in [0.15, 0.2) is 18.1 Å². The van der Waals surface area contributed by atoms with E-state index in [0.717, 1.165) is 5.56 Å². The third kappa shape index (κ3) is 4.64. The van der Waals surface area contributed by atoms with Crippen LogP contribution in [0, 0.1) is 0 Å². The van der Waals surface area contributed by atoms with Crippen LogP contribution in [0.2, 0.25) is 0 Å². The number of methoxy groups -OCH3 is 1. The second kappa shape index (κ2) is 9.38. The summed E-state index contributed by atoms with van der Waals surface area (Å²) in [4.78, 5) is 28.4. The van der Waals surface area contributed by atoms with E-state index in [2.05, 4.69) is 20.7 Å². The third-order valence-corrected chi connectivity index (χ3v) is 4.88. The molecule has 1 aromatic heterocycles. The second-order valence-electron chi connectivity index (χ2n) is 7.00. The molecular formula is C22H23N5O5. The number of rotatable bonds is 8. The monoisotopic (exact) mass is 437 g/mol. The molecule has 0 bridgehead atoms. The third-order valence-electron chi connectivity index (χ3n) is 4.88. The Kier molecular flexibility index (Phi) is 6.20. The predicted octanol–water partition coefficient (Wildman–Crippen LogP) is 2.63. The number of benzene rings is 2. The highest BCUT2D eigenvalue weighted by molar-refractivity contribution is 5.92. The fourth-order valence-electron chi connectivity index (χ4n) is 3.40. The van der Waals surface area contributed by atoms with Gasteiger partial charge in [-0.15, -0.1) is 0 Å². The average Bonchev–Trinajstić information content (AvgIpc) is 3.27. The van der Waals surface area contributed by atoms with E-state index in [1.165, 1.54) is 6.33 Å². The quantitative estimate of drug-likeness (QED) is 0.556. The van der Waals surface area contributed by atoms with Crippen molar-refractivity contribution in [1.82, 2.24) is 14.8 Å². The Labute approximate surface area is 184 Å². The molecule has 0 saturated heterocycles. The van der Waals surface area contributed by atoms with Crippen molar-refractivity contribution in [3.8, 4) is 17.2 Å². The minimum atomic E-state index is -0.312. The normalized spacial score (nSPS) is 14.8. The molecule has 0 unspecified atom stereocenters. The first-order chi connectivity index (χ1) is 15.6. The maximum atomic E-state index is 12.3. The first-order valence-electron chi connectivity index (χ1n) is 10.1. The van der Waals surface area contributed by atoms with Crippen LogP contribution in [0.1, 0.15) is 24.9 Å². The molecule has 3 aromatic rings. The van der Waals surface area contributed by atoms with Crippen LogP contribution in [0.25, 0.3) is 0 Å². The molecule has 10 nitrogen and oxygen atoms in total. The summed E-state index contributed by atoms with van der Waals surface area (Å²) in [6.07, 6.45) is 1.63. The molecule has 32 heavy (non-hydrogen) atoms. The number of nitrogens with zero attached hydrogens (tertiary/aromatic N) is 3. The van der Waals surface area contributed by atoms with Gasteiger partial charge in [-0.2, -0.15) is 10.1 Å². The lowest BCUT2D eigenvalue weighted by Gasteiger charge is -2.24. The van der Waals surface area contributed by atoms with Crippen molar-refractivity contribution >= 4 is 23.5 Å². The van der Waals surface area contributed by atoms with Gasteiger partial charge in [-0.25, -0.2) is 4.68 Å². The van der Waals surface area contributed by atoms with Crippen molar-refractivity contribution < 1.29 is 23.8 Å². The van der Waals surface area contributed by atoms with E-state index in [1.54, 1.807) is 48.2 Å². The number of fused-ring (bicyclic) bond motifs is 1. The van der Waals surface area contributed by atoms with E-state index in [0.29, 0.717) is 35.5 Å². The van der Waals surface area contributed by atoms with Gasteiger partial charge in [0, 0.05) is 5.69 Å². The van der Waals surface area contributed by atoms with Gasteiger partial charge in [0.05, 0.1) is 26.2 Å². The van der Waals surface area contributed by atoms with Crippen LogP contribution in [0.5, 0.6) is 17.2 Å². The summed E-state index contributed by atoms with van der Waals surface area (Å²) in [6.45, 7) is 2.08. The largest absolute Gasteiger partial charge is 0.497 e. The van der Waals surface area contributed by atoms with Crippen molar-refractivity contribution in [3.63, 3.8) is 0 Å². The van der Waals surface area contributed by atoms with Crippen LogP contribution >= 0.6 is 0 Å². The fourth-order valence-corrected chi connectivity index (χ4v) is 3.40. The summed E-state index contributed by atoms with van der Waals surface area (Å²) in [6, 6.07) is 12.1. The van der Waals surface area contributed by atoms with E-state index in [9.17, 15) is 9.59 Å². The van der Waals surface area contributed by atoms with E-state index < -0.39 is 0 Å². The molecule has 2 amide bonds. The number of hydrogen-bond acceptors (Lipinski definition) is 7. The summed E-state index contributed by atoms with van der Waals surface area (Å²) in [5.41, 5.74) is 1.46. The van der Waals surface area contributed by atoms with Crippen molar-refractivity contribution in [2.75, 3.05) is 31.0 Å². The number of carbonyl (C=O) groups excluding carboxylic acids is 2. The molecule has 2 heterocycles. The number of hydrogen-bond donors (Lipinski definition) is 2. The topological polar surface area (TPSA) is 117 Å². The van der Waals surface area contributed by atoms with E-state index >= 15 is 0 Å². The lowest BCUT2D eigenvalue weighted by molar-refractivity contribution is -0.118. The summed E-state index contributed by atoms with van der Waals surface area (Å²) in [5, 5.41) is 9.68. The molecule has 2 aromatic carbocycles. The van der Waals surface area contributed by atoms with Gasteiger partial charge in [0.1, 0.15) is 12.1 Å². The Balaban J connectivity index is 1.46. The minimum absolute atomic E-state index is 0.135. The maximum Gasteiger partial charge on any atom is 0.262 e. The van der Waals surface area contributed by atoms with Crippen LogP contribution in [-0.2, 0) is 9.59 Å². The van der Waals surface area contributed by atoms with Crippen molar-refractivity contribution in [2.45, 2.75) is 19.4 Å². The zero-order valence-corrected chi connectivity index (χ0v) is 17.7. The Hall–Kier alpha value is -4.08. The minimum Gasteiger partial charge on any atom is -0.497 e. The van der Waals surface area contributed by atoms with Crippen molar-refractivity contribution in [1.29, 1.82) is 0 Å². The van der Waals surface area contributed by atoms with Crippen LogP contribution in [0.15, 0.2) is 48.8 Å². The molecule has 2 N–H and O–H groups in total. The Bertz CT molecular complexity index is 1110. The summed E-state index contributed by atoms with van der Waals surface area (Å²) in [5.74, 6) is 1.57. The van der Waals surface area contributed by atoms with Crippen molar-refractivity contribution in [3.05, 3.63) is 54.4 Å². The van der Waals surface area contributed by atoms with Gasteiger partial charge >= 0.3 is 0 Å². The number of nitrogens with one attached hydrogen (secondary N) is 2. The number of ether oxygens (including phenoxy) is 3. The highest BCUT2D eigenvalue weighted by Gasteiger charge is 2.28. The van der Waals surface area contributed by atoms with Gasteiger partial charge in [-0.05, 0) is 48.9 Å². The lowest BCUT2D eigenvalue weighted by atomic mass is 10.0. The fraction of sp³-hybridized carbons (Fsp3) is 0.273. The Morgan fingerprint density at radius 2 is 2.00 bits per heavy atom. The van der Waals surface area contributed by atoms with Crippen LogP contribution in [-0.4, -0.2) is 46.9 Å². The van der Waals surface area contributed by atoms with Crippen LogP contribution in [0.3, 0.4) is 0 Å². The first-order valence-corrected chi connectivity index (χ1v) is 10.1. The van der Waals surface area contributed by atoms with E-state index in [1.807, 2.05) is 13.0 Å². The molecule has 1 aliphatic rings. The van der Waals surface area contributed by atoms with Crippen LogP contribution < -0.4 is 24.8 Å². The zero-order valence-electron chi connectivity index (χ0n) is 17.7. The highest BCUT2D eigenvalue weighted by Crippen LogP contribution is 2.35. The summed E-state index contributed by atoms with van der Waals surface area (Å²) < 4.78 is 18.2. The maximum absolute atomic E-state index is 12.3. The Morgan fingerprint density at radius 3 is 2.75 bits per heavy atom. The van der Waals surface area contributed by atoms with Crippen LogP contribution in [0.4, 0.5) is 11.6 Å². The molecule has 0 fully saturated rings. The molecular weight excluding hydrogens is 414 g/mol. The summed E-state index contributed by atoms with van der Waals surface area (Å²) >= 11 is 0. The number of aromatic nitrogens is 3. The molecule has 0 radical (unpaired) electrons. The van der Waals surface area contributed by atoms with E-state index in [-0.39, 0.29) is 30.9 Å². The summed E-state index contributed by atoms with van der Waals surface area (Å²) in [7, 11) is 1.58.